The van der Waals surface area contributed by atoms with Crippen molar-refractivity contribution in [3.63, 3.8) is 0 Å². The molecule has 96 valence electrons. The first kappa shape index (κ1) is 12.9. The standard InChI is InChI=1S/C13H16ClN3O/c1-16(2)5-6-17-11-4-3-10(14)7-9(11)8-12(17)13(15)18/h3-4,7-8H,5-6H2,1-2H3,(H2,15,18). The predicted molar refractivity (Wildman–Crippen MR) is 74.0 cm³/mol. The number of rotatable bonds is 4. The lowest BCUT2D eigenvalue weighted by molar-refractivity contribution is 0.0991. The Balaban J connectivity index is 2.52. The average molecular weight is 266 g/mol. The maximum Gasteiger partial charge on any atom is 0.265 e. The molecule has 2 N–H and O–H groups in total. The Morgan fingerprint density at radius 2 is 2.11 bits per heavy atom. The van der Waals surface area contributed by atoms with Crippen LogP contribution < -0.4 is 5.73 Å². The molecule has 1 amide bonds. The van der Waals surface area contributed by atoms with Crippen LogP contribution >= 0.6 is 11.6 Å². The van der Waals surface area contributed by atoms with Gasteiger partial charge in [-0.25, -0.2) is 0 Å². The number of carbonyl (C=O) groups is 1. The highest BCUT2D eigenvalue weighted by molar-refractivity contribution is 6.31. The van der Waals surface area contributed by atoms with Crippen molar-refractivity contribution in [1.29, 1.82) is 0 Å². The Hall–Kier alpha value is -1.52. The number of halogens is 1. The number of carbonyl (C=O) groups excluding carboxylic acids is 1. The molecule has 0 saturated carbocycles. The maximum atomic E-state index is 11.5. The van der Waals surface area contributed by atoms with Gasteiger partial charge in [-0.2, -0.15) is 0 Å². The van der Waals surface area contributed by atoms with Gasteiger partial charge in [0.1, 0.15) is 5.69 Å². The summed E-state index contributed by atoms with van der Waals surface area (Å²) in [5.74, 6) is -0.416. The molecule has 0 bridgehead atoms. The van der Waals surface area contributed by atoms with Crippen LogP contribution in [0, 0.1) is 0 Å². The number of primary amides is 1. The smallest absolute Gasteiger partial charge is 0.265 e. The minimum atomic E-state index is -0.416. The number of fused-ring (bicyclic) bond motifs is 1. The Morgan fingerprint density at radius 1 is 1.39 bits per heavy atom. The van der Waals surface area contributed by atoms with Gasteiger partial charge in [-0.05, 0) is 38.4 Å². The SMILES string of the molecule is CN(C)CCn1c(C(N)=O)cc2cc(Cl)ccc21. The van der Waals surface area contributed by atoms with Gasteiger partial charge in [-0.15, -0.1) is 0 Å². The van der Waals surface area contributed by atoms with Crippen LogP contribution in [0.25, 0.3) is 10.9 Å². The van der Waals surface area contributed by atoms with Gasteiger partial charge in [-0.3, -0.25) is 4.79 Å². The van der Waals surface area contributed by atoms with Gasteiger partial charge in [0.25, 0.3) is 5.91 Å². The number of nitrogens with zero attached hydrogens (tertiary/aromatic N) is 2. The van der Waals surface area contributed by atoms with Gasteiger partial charge in [0.05, 0.1) is 0 Å². The van der Waals surface area contributed by atoms with Gasteiger partial charge >= 0.3 is 0 Å². The van der Waals surface area contributed by atoms with Crippen LogP contribution in [0.5, 0.6) is 0 Å². The van der Waals surface area contributed by atoms with Gasteiger partial charge in [-0.1, -0.05) is 11.6 Å². The number of likely N-dealkylation sites (N-methyl/N-ethyl adjacent to an activating group) is 1. The molecule has 2 rings (SSSR count). The van der Waals surface area contributed by atoms with E-state index in [1.54, 1.807) is 6.07 Å². The van der Waals surface area contributed by atoms with Crippen LogP contribution in [0.4, 0.5) is 0 Å². The Morgan fingerprint density at radius 3 is 2.72 bits per heavy atom. The summed E-state index contributed by atoms with van der Waals surface area (Å²) in [6.45, 7) is 1.56. The number of amides is 1. The number of benzene rings is 1. The molecule has 0 spiro atoms. The lowest BCUT2D eigenvalue weighted by Gasteiger charge is -2.13. The van der Waals surface area contributed by atoms with E-state index in [9.17, 15) is 4.79 Å². The van der Waals surface area contributed by atoms with Crippen molar-refractivity contribution in [3.05, 3.63) is 35.0 Å². The van der Waals surface area contributed by atoms with Crippen molar-refractivity contribution in [2.24, 2.45) is 5.73 Å². The summed E-state index contributed by atoms with van der Waals surface area (Å²) in [7, 11) is 3.99. The highest BCUT2D eigenvalue weighted by Gasteiger charge is 2.13. The van der Waals surface area contributed by atoms with E-state index in [0.717, 1.165) is 24.0 Å². The Bertz CT molecular complexity index is 589. The lowest BCUT2D eigenvalue weighted by atomic mass is 10.2. The second-order valence-corrected chi connectivity index (χ2v) is 4.99. The third kappa shape index (κ3) is 2.49. The summed E-state index contributed by atoms with van der Waals surface area (Å²) in [4.78, 5) is 13.5. The zero-order chi connectivity index (χ0) is 13.3. The van der Waals surface area contributed by atoms with Gasteiger partial charge in [0, 0.05) is 29.0 Å². The summed E-state index contributed by atoms with van der Waals surface area (Å²) in [6, 6.07) is 7.37. The van der Waals surface area contributed by atoms with E-state index >= 15 is 0 Å². The molecule has 18 heavy (non-hydrogen) atoms. The minimum absolute atomic E-state index is 0.416. The average Bonchev–Trinajstić information content (AvgIpc) is 2.64. The van der Waals surface area contributed by atoms with E-state index in [1.807, 2.05) is 36.9 Å². The van der Waals surface area contributed by atoms with Crippen LogP contribution in [0.3, 0.4) is 0 Å². The second-order valence-electron chi connectivity index (χ2n) is 4.55. The molecule has 0 aliphatic heterocycles. The van der Waals surface area contributed by atoms with Gasteiger partial charge in [0.15, 0.2) is 0 Å². The quantitative estimate of drug-likeness (QED) is 0.919. The summed E-state index contributed by atoms with van der Waals surface area (Å²) < 4.78 is 1.94. The fourth-order valence-electron chi connectivity index (χ4n) is 1.99. The first-order valence-electron chi connectivity index (χ1n) is 5.72. The Labute approximate surface area is 111 Å². The molecule has 0 unspecified atom stereocenters. The third-order valence-electron chi connectivity index (χ3n) is 2.89. The number of hydrogen-bond acceptors (Lipinski definition) is 2. The van der Waals surface area contributed by atoms with E-state index < -0.39 is 5.91 Å². The monoisotopic (exact) mass is 265 g/mol. The third-order valence-corrected chi connectivity index (χ3v) is 3.12. The zero-order valence-electron chi connectivity index (χ0n) is 10.5. The van der Waals surface area contributed by atoms with E-state index in [-0.39, 0.29) is 0 Å². The molecule has 0 atom stereocenters. The number of nitrogens with two attached hydrogens (primary N) is 1. The summed E-state index contributed by atoms with van der Waals surface area (Å²) >= 11 is 5.95. The lowest BCUT2D eigenvalue weighted by Crippen LogP contribution is -2.22. The molecule has 0 aliphatic rings. The summed E-state index contributed by atoms with van der Waals surface area (Å²) in [5.41, 5.74) is 6.92. The van der Waals surface area contributed by atoms with Crippen LogP contribution in [-0.2, 0) is 6.54 Å². The molecule has 0 radical (unpaired) electrons. The predicted octanol–water partition coefficient (Wildman–Crippen LogP) is 1.96. The van der Waals surface area contributed by atoms with Crippen LogP contribution in [0.15, 0.2) is 24.3 Å². The van der Waals surface area contributed by atoms with E-state index in [4.69, 9.17) is 17.3 Å². The van der Waals surface area contributed by atoms with E-state index in [0.29, 0.717) is 10.7 Å². The van der Waals surface area contributed by atoms with Crippen molar-refractivity contribution >= 4 is 28.4 Å². The van der Waals surface area contributed by atoms with Crippen LogP contribution in [0.2, 0.25) is 5.02 Å². The molecule has 1 aromatic heterocycles. The Kier molecular flexibility index (Phi) is 3.59. The van der Waals surface area contributed by atoms with Crippen molar-refractivity contribution < 1.29 is 4.79 Å². The first-order valence-corrected chi connectivity index (χ1v) is 6.10. The molecule has 4 nitrogen and oxygen atoms in total. The minimum Gasteiger partial charge on any atom is -0.364 e. The van der Waals surface area contributed by atoms with E-state index in [2.05, 4.69) is 4.90 Å². The molecule has 0 fully saturated rings. The summed E-state index contributed by atoms with van der Waals surface area (Å²) in [6.07, 6.45) is 0. The van der Waals surface area contributed by atoms with Crippen LogP contribution in [0.1, 0.15) is 10.5 Å². The highest BCUT2D eigenvalue weighted by Crippen LogP contribution is 2.23. The first-order chi connectivity index (χ1) is 8.49. The molecule has 0 saturated heterocycles. The fourth-order valence-corrected chi connectivity index (χ4v) is 2.17. The van der Waals surface area contributed by atoms with Gasteiger partial charge in [0.2, 0.25) is 0 Å². The second kappa shape index (κ2) is 5.00. The normalized spacial score (nSPS) is 11.3. The van der Waals surface area contributed by atoms with E-state index in [1.165, 1.54) is 0 Å². The van der Waals surface area contributed by atoms with Crippen molar-refractivity contribution in [3.8, 4) is 0 Å². The van der Waals surface area contributed by atoms with Gasteiger partial charge < -0.3 is 15.2 Å². The van der Waals surface area contributed by atoms with Crippen LogP contribution in [-0.4, -0.2) is 36.0 Å². The molecular weight excluding hydrogens is 250 g/mol. The van der Waals surface area contributed by atoms with Crippen molar-refractivity contribution in [2.75, 3.05) is 20.6 Å². The molecular formula is C13H16ClN3O. The number of aromatic nitrogens is 1. The maximum absolute atomic E-state index is 11.5. The molecule has 5 heteroatoms. The highest BCUT2D eigenvalue weighted by atomic mass is 35.5. The largest absolute Gasteiger partial charge is 0.364 e. The fraction of sp³-hybridized carbons (Fsp3) is 0.308. The molecule has 1 heterocycles. The molecule has 1 aromatic carbocycles. The zero-order valence-corrected chi connectivity index (χ0v) is 11.2. The molecule has 0 aliphatic carbocycles. The molecule has 2 aromatic rings. The van der Waals surface area contributed by atoms with Crippen molar-refractivity contribution in [1.82, 2.24) is 9.47 Å². The number of hydrogen-bond donors (Lipinski definition) is 1. The van der Waals surface area contributed by atoms with Crippen molar-refractivity contribution in [2.45, 2.75) is 6.54 Å². The topological polar surface area (TPSA) is 51.3 Å². The summed E-state index contributed by atoms with van der Waals surface area (Å²) in [5, 5.41) is 1.60.